The molecule has 1 N–H and O–H groups in total. The predicted molar refractivity (Wildman–Crippen MR) is 59.1 cm³/mol. The average molecular weight is 263 g/mol. The lowest BCUT2D eigenvalue weighted by molar-refractivity contribution is 0.0642. The molecule has 0 saturated carbocycles. The van der Waals surface area contributed by atoms with Crippen molar-refractivity contribution < 1.29 is 18.4 Å². The van der Waals surface area contributed by atoms with Crippen molar-refractivity contribution in [2.24, 2.45) is 0 Å². The first-order chi connectivity index (χ1) is 9.08. The van der Waals surface area contributed by atoms with Gasteiger partial charge in [-0.25, -0.2) is 8.78 Å². The maximum atomic E-state index is 13.1. The summed E-state index contributed by atoms with van der Waals surface area (Å²) in [7, 11) is 0. The van der Waals surface area contributed by atoms with Crippen LogP contribution in [0.25, 0.3) is 0 Å². The molecule has 96 valence electrons. The molecule has 1 aliphatic heterocycles. The first-order valence-electron chi connectivity index (χ1n) is 5.41. The van der Waals surface area contributed by atoms with E-state index in [0.29, 0.717) is 5.56 Å². The van der Waals surface area contributed by atoms with Gasteiger partial charge in [0.15, 0.2) is 11.6 Å². The van der Waals surface area contributed by atoms with Crippen LogP contribution in [0.4, 0.5) is 8.78 Å². The van der Waals surface area contributed by atoms with Gasteiger partial charge in [-0.3, -0.25) is 19.6 Å². The minimum absolute atomic E-state index is 0.00604. The zero-order chi connectivity index (χ0) is 13.6. The van der Waals surface area contributed by atoms with E-state index in [1.807, 2.05) is 0 Å². The molecule has 1 aromatic heterocycles. The van der Waals surface area contributed by atoms with Gasteiger partial charge in [0.05, 0.1) is 23.9 Å². The number of halogens is 2. The molecule has 19 heavy (non-hydrogen) atoms. The van der Waals surface area contributed by atoms with Crippen LogP contribution in [0.15, 0.2) is 24.5 Å². The minimum atomic E-state index is -1.15. The number of rotatable bonds is 2. The number of hydrogen-bond donors (Lipinski definition) is 1. The fraction of sp³-hybridized carbons (Fsp3) is 0.0833. The summed E-state index contributed by atoms with van der Waals surface area (Å²) < 4.78 is 26.2. The highest BCUT2D eigenvalue weighted by atomic mass is 19.2. The SMILES string of the molecule is O=C1c2cc(F)c(F)cc2C(=O)N1Cc1cn[nH]c1. The Bertz CT molecular complexity index is 642. The van der Waals surface area contributed by atoms with Gasteiger partial charge >= 0.3 is 0 Å². The molecule has 0 atom stereocenters. The van der Waals surface area contributed by atoms with Crippen molar-refractivity contribution in [1.82, 2.24) is 15.1 Å². The second-order valence-electron chi connectivity index (χ2n) is 4.11. The number of benzene rings is 1. The summed E-state index contributed by atoms with van der Waals surface area (Å²) in [5.74, 6) is -3.57. The summed E-state index contributed by atoms with van der Waals surface area (Å²) >= 11 is 0. The second kappa shape index (κ2) is 3.98. The number of carbonyl (C=O) groups excluding carboxylic acids is 2. The summed E-state index contributed by atoms with van der Waals surface area (Å²) in [5.41, 5.74) is 0.384. The van der Waals surface area contributed by atoms with Gasteiger partial charge in [0.25, 0.3) is 11.8 Å². The zero-order valence-corrected chi connectivity index (χ0v) is 9.48. The van der Waals surface area contributed by atoms with Crippen molar-refractivity contribution in [1.29, 1.82) is 0 Å². The molecule has 0 spiro atoms. The summed E-state index contributed by atoms with van der Waals surface area (Å²) in [6.07, 6.45) is 3.00. The number of aromatic nitrogens is 2. The van der Waals surface area contributed by atoms with Crippen molar-refractivity contribution in [3.63, 3.8) is 0 Å². The van der Waals surface area contributed by atoms with Gasteiger partial charge in [-0.05, 0) is 12.1 Å². The van der Waals surface area contributed by atoms with E-state index >= 15 is 0 Å². The second-order valence-corrected chi connectivity index (χ2v) is 4.11. The lowest BCUT2D eigenvalue weighted by Gasteiger charge is -2.11. The number of hydrogen-bond acceptors (Lipinski definition) is 3. The van der Waals surface area contributed by atoms with Gasteiger partial charge in [-0.1, -0.05) is 0 Å². The van der Waals surface area contributed by atoms with E-state index in [-0.39, 0.29) is 17.7 Å². The summed E-state index contributed by atoms with van der Waals surface area (Å²) in [6.45, 7) is 0.00604. The third-order valence-corrected chi connectivity index (χ3v) is 2.91. The van der Waals surface area contributed by atoms with Gasteiger partial charge in [-0.2, -0.15) is 5.10 Å². The van der Waals surface area contributed by atoms with Crippen LogP contribution in [-0.2, 0) is 6.54 Å². The zero-order valence-electron chi connectivity index (χ0n) is 9.48. The Kier molecular flexibility index (Phi) is 2.41. The van der Waals surface area contributed by atoms with Gasteiger partial charge < -0.3 is 0 Å². The van der Waals surface area contributed by atoms with Crippen LogP contribution in [0.1, 0.15) is 26.3 Å². The van der Waals surface area contributed by atoms with E-state index in [4.69, 9.17) is 0 Å². The summed E-state index contributed by atoms with van der Waals surface area (Å²) in [4.78, 5) is 24.9. The molecule has 2 heterocycles. The van der Waals surface area contributed by atoms with E-state index in [0.717, 1.165) is 17.0 Å². The Balaban J connectivity index is 2.00. The number of carbonyl (C=O) groups is 2. The molecule has 0 aliphatic carbocycles. The Morgan fingerprint density at radius 2 is 1.68 bits per heavy atom. The molecule has 2 amide bonds. The Labute approximate surface area is 105 Å². The highest BCUT2D eigenvalue weighted by molar-refractivity contribution is 6.21. The lowest BCUT2D eigenvalue weighted by Crippen LogP contribution is -2.28. The van der Waals surface area contributed by atoms with E-state index in [9.17, 15) is 18.4 Å². The number of amides is 2. The van der Waals surface area contributed by atoms with E-state index in [1.54, 1.807) is 0 Å². The average Bonchev–Trinajstić information content (AvgIpc) is 2.96. The molecule has 0 radical (unpaired) electrons. The normalized spacial score (nSPS) is 14.1. The van der Waals surface area contributed by atoms with E-state index in [1.165, 1.54) is 12.4 Å². The number of fused-ring (bicyclic) bond motifs is 1. The number of H-pyrrole nitrogens is 1. The number of aromatic amines is 1. The predicted octanol–water partition coefficient (Wildman–Crippen LogP) is 1.48. The van der Waals surface area contributed by atoms with Gasteiger partial charge in [0, 0.05) is 11.8 Å². The monoisotopic (exact) mass is 263 g/mol. The van der Waals surface area contributed by atoms with E-state index in [2.05, 4.69) is 10.2 Å². The smallest absolute Gasteiger partial charge is 0.261 e. The molecule has 1 aromatic carbocycles. The molecule has 3 rings (SSSR count). The highest BCUT2D eigenvalue weighted by Gasteiger charge is 2.36. The fourth-order valence-electron chi connectivity index (χ4n) is 1.97. The minimum Gasteiger partial charge on any atom is -0.285 e. The molecule has 7 heteroatoms. The molecule has 5 nitrogen and oxygen atoms in total. The van der Waals surface area contributed by atoms with Crippen molar-refractivity contribution >= 4 is 11.8 Å². The first kappa shape index (κ1) is 11.5. The Morgan fingerprint density at radius 1 is 1.11 bits per heavy atom. The van der Waals surface area contributed by atoms with Crippen LogP contribution in [-0.4, -0.2) is 26.9 Å². The van der Waals surface area contributed by atoms with Crippen molar-refractivity contribution in [3.05, 3.63) is 52.9 Å². The quantitative estimate of drug-likeness (QED) is 0.835. The van der Waals surface area contributed by atoms with Gasteiger partial charge in [-0.15, -0.1) is 0 Å². The largest absolute Gasteiger partial charge is 0.285 e. The molecular weight excluding hydrogens is 256 g/mol. The maximum absolute atomic E-state index is 13.1. The van der Waals surface area contributed by atoms with Crippen molar-refractivity contribution in [2.75, 3.05) is 0 Å². The molecule has 0 bridgehead atoms. The van der Waals surface area contributed by atoms with Crippen molar-refractivity contribution in [2.45, 2.75) is 6.54 Å². The lowest BCUT2D eigenvalue weighted by atomic mass is 10.1. The molecular formula is C12H7F2N3O2. The van der Waals surface area contributed by atoms with Crippen LogP contribution >= 0.6 is 0 Å². The standard InChI is InChI=1S/C12H7F2N3O2/c13-9-1-7-8(2-10(9)14)12(19)17(11(7)18)5-6-3-15-16-4-6/h1-4H,5H2,(H,15,16). The topological polar surface area (TPSA) is 66.1 Å². The molecule has 0 unspecified atom stereocenters. The van der Waals surface area contributed by atoms with Crippen molar-refractivity contribution in [3.8, 4) is 0 Å². The number of imide groups is 1. The summed E-state index contributed by atoms with van der Waals surface area (Å²) in [5, 5.41) is 6.25. The third kappa shape index (κ3) is 1.70. The Hall–Kier alpha value is -2.57. The molecule has 2 aromatic rings. The molecule has 1 aliphatic rings. The van der Waals surface area contributed by atoms with E-state index < -0.39 is 23.4 Å². The number of nitrogens with zero attached hydrogens (tertiary/aromatic N) is 2. The maximum Gasteiger partial charge on any atom is 0.261 e. The summed E-state index contributed by atoms with van der Waals surface area (Å²) in [6, 6.07) is 1.50. The van der Waals surface area contributed by atoms with Crippen LogP contribution in [0.2, 0.25) is 0 Å². The van der Waals surface area contributed by atoms with Crippen LogP contribution in [0.3, 0.4) is 0 Å². The molecule has 0 fully saturated rings. The first-order valence-corrected chi connectivity index (χ1v) is 5.41. The van der Waals surface area contributed by atoms with Crippen LogP contribution < -0.4 is 0 Å². The molecule has 0 saturated heterocycles. The Morgan fingerprint density at radius 3 is 2.16 bits per heavy atom. The third-order valence-electron chi connectivity index (χ3n) is 2.91. The highest BCUT2D eigenvalue weighted by Crippen LogP contribution is 2.26. The van der Waals surface area contributed by atoms with Gasteiger partial charge in [0.1, 0.15) is 0 Å². The van der Waals surface area contributed by atoms with Gasteiger partial charge in [0.2, 0.25) is 0 Å². The van der Waals surface area contributed by atoms with Crippen LogP contribution in [0.5, 0.6) is 0 Å². The fourth-order valence-corrected chi connectivity index (χ4v) is 1.97. The number of nitrogens with one attached hydrogen (secondary N) is 1. The van der Waals surface area contributed by atoms with Crippen LogP contribution in [0, 0.1) is 11.6 Å².